The molecule has 1 aromatic heterocycles. The van der Waals surface area contributed by atoms with Crippen molar-refractivity contribution < 1.29 is 4.79 Å². The largest absolute Gasteiger partial charge is 0.350 e. The maximum absolute atomic E-state index is 11.8. The maximum atomic E-state index is 11.8. The average molecular weight is 219 g/mol. The number of aryl methyl sites for hydroxylation is 1. The zero-order valence-electron chi connectivity index (χ0n) is 9.49. The summed E-state index contributed by atoms with van der Waals surface area (Å²) in [6.45, 7) is 3.61. The molecule has 0 spiro atoms. The summed E-state index contributed by atoms with van der Waals surface area (Å²) in [7, 11) is 0. The van der Waals surface area contributed by atoms with Gasteiger partial charge in [0.15, 0.2) is 0 Å². The van der Waals surface area contributed by atoms with Gasteiger partial charge in [0.1, 0.15) is 0 Å². The van der Waals surface area contributed by atoms with E-state index in [2.05, 4.69) is 15.6 Å². The minimum atomic E-state index is -0.0284. The minimum absolute atomic E-state index is 0.0284. The number of hydrogen-bond donors (Lipinski definition) is 2. The molecule has 2 N–H and O–H groups in total. The van der Waals surface area contributed by atoms with Crippen LogP contribution in [0.15, 0.2) is 18.3 Å². The standard InChI is InChI=1S/C12H17N3O/c1-9-11(5-3-6-13-9)12(16)15-8-10-4-2-7-14-10/h3,5-6,10,14H,2,4,7-8H2,1H3,(H,15,16). The van der Waals surface area contributed by atoms with Crippen molar-refractivity contribution in [3.63, 3.8) is 0 Å². The van der Waals surface area contributed by atoms with Gasteiger partial charge in [0.2, 0.25) is 0 Å². The molecule has 86 valence electrons. The predicted octanol–water partition coefficient (Wildman–Crippen LogP) is 0.872. The second kappa shape index (κ2) is 5.07. The molecule has 2 rings (SSSR count). The summed E-state index contributed by atoms with van der Waals surface area (Å²) in [4.78, 5) is 15.9. The molecule has 0 saturated carbocycles. The second-order valence-electron chi connectivity index (χ2n) is 4.14. The molecule has 4 heteroatoms. The van der Waals surface area contributed by atoms with E-state index in [4.69, 9.17) is 0 Å². The van der Waals surface area contributed by atoms with Crippen LogP contribution in [0.3, 0.4) is 0 Å². The Kier molecular flexibility index (Phi) is 3.51. The average Bonchev–Trinajstić information content (AvgIpc) is 2.79. The number of nitrogens with one attached hydrogen (secondary N) is 2. The molecular formula is C12H17N3O. The van der Waals surface area contributed by atoms with E-state index in [1.165, 1.54) is 6.42 Å². The van der Waals surface area contributed by atoms with Crippen LogP contribution in [0.25, 0.3) is 0 Å². The third kappa shape index (κ3) is 2.58. The lowest BCUT2D eigenvalue weighted by molar-refractivity contribution is 0.0949. The predicted molar refractivity (Wildman–Crippen MR) is 62.3 cm³/mol. The summed E-state index contributed by atoms with van der Waals surface area (Å²) in [6.07, 6.45) is 4.05. The Morgan fingerprint density at radius 1 is 1.69 bits per heavy atom. The zero-order chi connectivity index (χ0) is 11.4. The fourth-order valence-electron chi connectivity index (χ4n) is 1.97. The van der Waals surface area contributed by atoms with Crippen LogP contribution in [0.4, 0.5) is 0 Å². The van der Waals surface area contributed by atoms with Crippen molar-refractivity contribution in [2.75, 3.05) is 13.1 Å². The molecule has 1 atom stereocenters. The molecule has 1 amide bonds. The van der Waals surface area contributed by atoms with E-state index in [-0.39, 0.29) is 5.91 Å². The summed E-state index contributed by atoms with van der Waals surface area (Å²) in [5, 5.41) is 6.29. The molecule has 1 aliphatic heterocycles. The van der Waals surface area contributed by atoms with E-state index in [9.17, 15) is 4.79 Å². The van der Waals surface area contributed by atoms with Gasteiger partial charge in [0.25, 0.3) is 5.91 Å². The number of aromatic nitrogens is 1. The first-order valence-corrected chi connectivity index (χ1v) is 5.70. The lowest BCUT2D eigenvalue weighted by atomic mass is 10.2. The number of rotatable bonds is 3. The second-order valence-corrected chi connectivity index (χ2v) is 4.14. The molecule has 0 bridgehead atoms. The summed E-state index contributed by atoms with van der Waals surface area (Å²) < 4.78 is 0. The molecule has 1 fully saturated rings. The van der Waals surface area contributed by atoms with Gasteiger partial charge in [-0.3, -0.25) is 9.78 Å². The molecule has 0 aliphatic carbocycles. The van der Waals surface area contributed by atoms with Gasteiger partial charge >= 0.3 is 0 Å². The van der Waals surface area contributed by atoms with E-state index >= 15 is 0 Å². The van der Waals surface area contributed by atoms with Gasteiger partial charge in [-0.25, -0.2) is 0 Å². The zero-order valence-corrected chi connectivity index (χ0v) is 9.49. The smallest absolute Gasteiger partial charge is 0.253 e. The molecule has 0 radical (unpaired) electrons. The highest BCUT2D eigenvalue weighted by molar-refractivity contribution is 5.95. The molecule has 1 aliphatic rings. The van der Waals surface area contributed by atoms with Crippen molar-refractivity contribution in [2.24, 2.45) is 0 Å². The highest BCUT2D eigenvalue weighted by Crippen LogP contribution is 2.05. The molecule has 2 heterocycles. The van der Waals surface area contributed by atoms with Crippen LogP contribution in [0.2, 0.25) is 0 Å². The third-order valence-corrected chi connectivity index (χ3v) is 2.92. The quantitative estimate of drug-likeness (QED) is 0.793. The summed E-state index contributed by atoms with van der Waals surface area (Å²) >= 11 is 0. The van der Waals surface area contributed by atoms with E-state index < -0.39 is 0 Å². The van der Waals surface area contributed by atoms with Crippen molar-refractivity contribution in [3.05, 3.63) is 29.6 Å². The first-order chi connectivity index (χ1) is 7.77. The summed E-state index contributed by atoms with van der Waals surface area (Å²) in [5.41, 5.74) is 1.44. The van der Waals surface area contributed by atoms with Crippen LogP contribution in [0, 0.1) is 6.92 Å². The van der Waals surface area contributed by atoms with Gasteiger partial charge in [-0.15, -0.1) is 0 Å². The van der Waals surface area contributed by atoms with E-state index in [0.717, 1.165) is 18.7 Å². The number of carbonyl (C=O) groups is 1. The molecular weight excluding hydrogens is 202 g/mol. The van der Waals surface area contributed by atoms with Crippen LogP contribution in [-0.4, -0.2) is 30.0 Å². The Morgan fingerprint density at radius 2 is 2.56 bits per heavy atom. The monoisotopic (exact) mass is 219 g/mol. The summed E-state index contributed by atoms with van der Waals surface area (Å²) in [6, 6.07) is 4.02. The molecule has 1 unspecified atom stereocenters. The van der Waals surface area contributed by atoms with Crippen molar-refractivity contribution in [2.45, 2.75) is 25.8 Å². The number of nitrogens with zero attached hydrogens (tertiary/aromatic N) is 1. The van der Waals surface area contributed by atoms with Gasteiger partial charge in [-0.2, -0.15) is 0 Å². The Balaban J connectivity index is 1.90. The fourth-order valence-corrected chi connectivity index (χ4v) is 1.97. The van der Waals surface area contributed by atoms with E-state index in [0.29, 0.717) is 18.2 Å². The van der Waals surface area contributed by atoms with Crippen LogP contribution < -0.4 is 10.6 Å². The molecule has 16 heavy (non-hydrogen) atoms. The van der Waals surface area contributed by atoms with Crippen LogP contribution in [0.1, 0.15) is 28.9 Å². The van der Waals surface area contributed by atoms with Gasteiger partial charge in [0.05, 0.1) is 5.56 Å². The van der Waals surface area contributed by atoms with Crippen LogP contribution in [-0.2, 0) is 0 Å². The number of hydrogen-bond acceptors (Lipinski definition) is 3. The highest BCUT2D eigenvalue weighted by atomic mass is 16.1. The first-order valence-electron chi connectivity index (χ1n) is 5.70. The van der Waals surface area contributed by atoms with E-state index in [1.54, 1.807) is 18.3 Å². The van der Waals surface area contributed by atoms with Crippen molar-refractivity contribution >= 4 is 5.91 Å². The lowest BCUT2D eigenvalue weighted by Gasteiger charge is -2.12. The topological polar surface area (TPSA) is 54.0 Å². The van der Waals surface area contributed by atoms with Crippen molar-refractivity contribution in [1.29, 1.82) is 0 Å². The van der Waals surface area contributed by atoms with Gasteiger partial charge in [-0.1, -0.05) is 0 Å². The maximum Gasteiger partial charge on any atom is 0.253 e. The summed E-state index contributed by atoms with van der Waals surface area (Å²) in [5.74, 6) is -0.0284. The Hall–Kier alpha value is -1.42. The first kappa shape index (κ1) is 11.1. The Labute approximate surface area is 95.5 Å². The highest BCUT2D eigenvalue weighted by Gasteiger charge is 2.15. The molecule has 1 saturated heterocycles. The Bertz CT molecular complexity index is 372. The molecule has 1 aromatic rings. The molecule has 4 nitrogen and oxygen atoms in total. The van der Waals surface area contributed by atoms with E-state index in [1.807, 2.05) is 6.92 Å². The molecule has 0 aromatic carbocycles. The lowest BCUT2D eigenvalue weighted by Crippen LogP contribution is -2.37. The fraction of sp³-hybridized carbons (Fsp3) is 0.500. The van der Waals surface area contributed by atoms with Crippen LogP contribution >= 0.6 is 0 Å². The minimum Gasteiger partial charge on any atom is -0.350 e. The normalized spacial score (nSPS) is 19.7. The van der Waals surface area contributed by atoms with Crippen molar-refractivity contribution in [3.8, 4) is 0 Å². The third-order valence-electron chi connectivity index (χ3n) is 2.92. The number of amides is 1. The Morgan fingerprint density at radius 3 is 3.25 bits per heavy atom. The van der Waals surface area contributed by atoms with Crippen LogP contribution in [0.5, 0.6) is 0 Å². The van der Waals surface area contributed by atoms with Gasteiger partial charge < -0.3 is 10.6 Å². The van der Waals surface area contributed by atoms with Crippen molar-refractivity contribution in [1.82, 2.24) is 15.6 Å². The SMILES string of the molecule is Cc1ncccc1C(=O)NCC1CCCN1. The number of carbonyl (C=O) groups excluding carboxylic acids is 1. The number of pyridine rings is 1. The van der Waals surface area contributed by atoms with Gasteiger partial charge in [0, 0.05) is 24.5 Å². The van der Waals surface area contributed by atoms with Gasteiger partial charge in [-0.05, 0) is 38.4 Å².